The van der Waals surface area contributed by atoms with E-state index < -0.39 is 0 Å². The maximum atomic E-state index is 5.46. The zero-order valence-corrected chi connectivity index (χ0v) is 5.46. The van der Waals surface area contributed by atoms with Gasteiger partial charge in [-0.25, -0.2) is 0 Å². The van der Waals surface area contributed by atoms with Crippen LogP contribution in [0.25, 0.3) is 0 Å². The van der Waals surface area contributed by atoms with E-state index in [9.17, 15) is 0 Å². The molecule has 0 saturated carbocycles. The first-order valence-corrected chi connectivity index (χ1v) is 3.30. The second-order valence-electron chi connectivity index (χ2n) is 2.18. The van der Waals surface area contributed by atoms with Gasteiger partial charge in [0.25, 0.3) is 0 Å². The predicted molar refractivity (Wildman–Crippen MR) is 41.6 cm³/mol. The normalized spacial score (nSPS) is 25.2. The summed E-state index contributed by atoms with van der Waals surface area (Å²) in [6, 6.07) is 0. The average Bonchev–Trinajstić information content (AvgIpc) is 2.13. The monoisotopic (exact) mass is 120 g/mol. The predicted octanol–water partition coefficient (Wildman–Crippen LogP) is 0.982. The van der Waals surface area contributed by atoms with Gasteiger partial charge in [0.1, 0.15) is 7.28 Å². The van der Waals surface area contributed by atoms with Gasteiger partial charge in [0, 0.05) is 0 Å². The lowest BCUT2D eigenvalue weighted by Gasteiger charge is -2.02. The number of allylic oxidation sites excluding steroid dienone is 3. The highest BCUT2D eigenvalue weighted by Gasteiger charge is 2.02. The van der Waals surface area contributed by atoms with E-state index in [1.165, 1.54) is 0 Å². The third kappa shape index (κ3) is 2.06. The van der Waals surface area contributed by atoms with E-state index in [4.69, 9.17) is 5.73 Å². The zero-order valence-electron chi connectivity index (χ0n) is 5.46. The van der Waals surface area contributed by atoms with Gasteiger partial charge in [-0.1, -0.05) is 30.6 Å². The molecular formula is C7H11BN. The Kier molecular flexibility index (Phi) is 2.59. The molecule has 1 radical (unpaired) electrons. The lowest BCUT2D eigenvalue weighted by molar-refractivity contribution is 0.990. The number of nitrogens with two attached hydrogens (primary N) is 1. The third-order valence-corrected chi connectivity index (χ3v) is 1.45. The van der Waals surface area contributed by atoms with E-state index >= 15 is 0 Å². The SMILES string of the molecule is NCC1[B]CC=CC=C1. The Morgan fingerprint density at radius 3 is 3.22 bits per heavy atom. The summed E-state index contributed by atoms with van der Waals surface area (Å²) in [5.74, 6) is 0.486. The molecule has 9 heavy (non-hydrogen) atoms. The molecule has 0 spiro atoms. The van der Waals surface area contributed by atoms with Crippen LogP contribution in [0.1, 0.15) is 0 Å². The molecular weight excluding hydrogens is 109 g/mol. The van der Waals surface area contributed by atoms with Crippen LogP contribution in [0.15, 0.2) is 24.3 Å². The molecule has 2 heteroatoms. The Hall–Kier alpha value is -0.495. The van der Waals surface area contributed by atoms with Crippen LogP contribution in [0.4, 0.5) is 0 Å². The summed E-state index contributed by atoms with van der Waals surface area (Å²) < 4.78 is 0. The number of rotatable bonds is 1. The lowest BCUT2D eigenvalue weighted by atomic mass is 9.62. The Bertz CT molecular complexity index is 129. The fraction of sp³-hybridized carbons (Fsp3) is 0.429. The van der Waals surface area contributed by atoms with Gasteiger partial charge in [-0.3, -0.25) is 0 Å². The maximum absolute atomic E-state index is 5.46. The highest BCUT2D eigenvalue weighted by atomic mass is 14.5. The van der Waals surface area contributed by atoms with Crippen molar-refractivity contribution in [3.05, 3.63) is 24.3 Å². The Labute approximate surface area is 56.9 Å². The molecule has 0 amide bonds. The smallest absolute Gasteiger partial charge is 0.125 e. The topological polar surface area (TPSA) is 26.0 Å². The second-order valence-corrected chi connectivity index (χ2v) is 2.18. The van der Waals surface area contributed by atoms with Crippen molar-refractivity contribution in [2.24, 2.45) is 5.73 Å². The molecule has 0 saturated heterocycles. The molecule has 47 valence electrons. The first-order chi connectivity index (χ1) is 4.43. The van der Waals surface area contributed by atoms with Gasteiger partial charge >= 0.3 is 0 Å². The van der Waals surface area contributed by atoms with Crippen molar-refractivity contribution in [3.8, 4) is 0 Å². The Morgan fingerprint density at radius 1 is 1.56 bits per heavy atom. The van der Waals surface area contributed by atoms with E-state index in [0.717, 1.165) is 12.9 Å². The summed E-state index contributed by atoms with van der Waals surface area (Å²) in [7, 11) is 2.22. The van der Waals surface area contributed by atoms with Crippen LogP contribution in [0.2, 0.25) is 12.1 Å². The van der Waals surface area contributed by atoms with E-state index in [1.807, 2.05) is 0 Å². The van der Waals surface area contributed by atoms with Gasteiger partial charge < -0.3 is 5.73 Å². The van der Waals surface area contributed by atoms with Gasteiger partial charge in [0.05, 0.1) is 0 Å². The summed E-state index contributed by atoms with van der Waals surface area (Å²) in [5, 5.41) is 0. The van der Waals surface area contributed by atoms with Crippen LogP contribution in [0, 0.1) is 0 Å². The first kappa shape index (κ1) is 6.62. The van der Waals surface area contributed by atoms with Crippen molar-refractivity contribution in [3.63, 3.8) is 0 Å². The number of hydrogen-bond acceptors (Lipinski definition) is 1. The molecule has 2 N–H and O–H groups in total. The molecule has 0 aliphatic carbocycles. The van der Waals surface area contributed by atoms with Crippen molar-refractivity contribution >= 4 is 7.28 Å². The van der Waals surface area contributed by atoms with Crippen LogP contribution in [0.3, 0.4) is 0 Å². The van der Waals surface area contributed by atoms with Crippen LogP contribution in [-0.4, -0.2) is 13.8 Å². The van der Waals surface area contributed by atoms with Crippen LogP contribution < -0.4 is 5.73 Å². The molecule has 0 fully saturated rings. The summed E-state index contributed by atoms with van der Waals surface area (Å²) in [6.45, 7) is 0.734. The number of hydrogen-bond donors (Lipinski definition) is 1. The van der Waals surface area contributed by atoms with Gasteiger partial charge in [-0.05, 0) is 12.4 Å². The summed E-state index contributed by atoms with van der Waals surface area (Å²) >= 11 is 0. The highest BCUT2D eigenvalue weighted by molar-refractivity contribution is 6.39. The van der Waals surface area contributed by atoms with Gasteiger partial charge in [-0.15, -0.1) is 0 Å². The molecule has 0 aromatic rings. The van der Waals surface area contributed by atoms with E-state index in [0.29, 0.717) is 5.82 Å². The summed E-state index contributed by atoms with van der Waals surface area (Å²) in [4.78, 5) is 0. The van der Waals surface area contributed by atoms with Crippen LogP contribution in [-0.2, 0) is 0 Å². The molecule has 1 aliphatic heterocycles. The molecule has 1 atom stereocenters. The molecule has 1 rings (SSSR count). The summed E-state index contributed by atoms with van der Waals surface area (Å²) in [6.07, 6.45) is 9.43. The van der Waals surface area contributed by atoms with E-state index in [2.05, 4.69) is 31.6 Å². The van der Waals surface area contributed by atoms with Crippen molar-refractivity contribution in [1.29, 1.82) is 0 Å². The van der Waals surface area contributed by atoms with Gasteiger partial charge in [-0.2, -0.15) is 0 Å². The molecule has 0 aromatic carbocycles. The van der Waals surface area contributed by atoms with Crippen molar-refractivity contribution in [2.45, 2.75) is 12.1 Å². The largest absolute Gasteiger partial charge is 0.331 e. The Balaban J connectivity index is 2.41. The second kappa shape index (κ2) is 3.52. The molecule has 0 bridgehead atoms. The molecule has 1 aliphatic rings. The maximum Gasteiger partial charge on any atom is 0.125 e. The van der Waals surface area contributed by atoms with Crippen molar-refractivity contribution < 1.29 is 0 Å². The fourth-order valence-electron chi connectivity index (χ4n) is 0.871. The van der Waals surface area contributed by atoms with Crippen LogP contribution in [0.5, 0.6) is 0 Å². The van der Waals surface area contributed by atoms with Gasteiger partial charge in [0.2, 0.25) is 0 Å². The lowest BCUT2D eigenvalue weighted by Crippen LogP contribution is -2.11. The molecule has 1 nitrogen and oxygen atoms in total. The summed E-state index contributed by atoms with van der Waals surface area (Å²) in [5.41, 5.74) is 5.46. The standard InChI is InChI=1S/C7H11BN/c9-6-7-4-2-1-3-5-8-7/h1-4,7H,5-6,9H2. The van der Waals surface area contributed by atoms with Gasteiger partial charge in [0.15, 0.2) is 0 Å². The van der Waals surface area contributed by atoms with E-state index in [1.54, 1.807) is 0 Å². The third-order valence-electron chi connectivity index (χ3n) is 1.45. The van der Waals surface area contributed by atoms with Crippen LogP contribution >= 0.6 is 0 Å². The molecule has 0 aromatic heterocycles. The van der Waals surface area contributed by atoms with Crippen molar-refractivity contribution in [1.82, 2.24) is 0 Å². The zero-order chi connectivity index (χ0) is 6.53. The highest BCUT2D eigenvalue weighted by Crippen LogP contribution is 2.08. The molecule has 1 unspecified atom stereocenters. The fourth-order valence-corrected chi connectivity index (χ4v) is 0.871. The minimum absolute atomic E-state index is 0.486. The first-order valence-electron chi connectivity index (χ1n) is 3.30. The quantitative estimate of drug-likeness (QED) is 0.513. The molecule has 1 heterocycles. The minimum atomic E-state index is 0.486. The minimum Gasteiger partial charge on any atom is -0.331 e. The van der Waals surface area contributed by atoms with E-state index in [-0.39, 0.29) is 0 Å². The Morgan fingerprint density at radius 2 is 2.44 bits per heavy atom. The van der Waals surface area contributed by atoms with Crippen molar-refractivity contribution in [2.75, 3.05) is 6.54 Å². The average molecular weight is 120 g/mol.